The van der Waals surface area contributed by atoms with Gasteiger partial charge < -0.3 is 9.73 Å². The Morgan fingerprint density at radius 1 is 1.22 bits per heavy atom. The molecule has 11 heteroatoms. The molecule has 1 N–H and O–H groups in total. The monoisotopic (exact) mass is 481 g/mol. The quantitative estimate of drug-likeness (QED) is 0.602. The van der Waals surface area contributed by atoms with Gasteiger partial charge in [0, 0.05) is 38.3 Å². The predicted octanol–water partition coefficient (Wildman–Crippen LogP) is 3.35. The summed E-state index contributed by atoms with van der Waals surface area (Å²) in [5.74, 6) is -1.34. The second-order valence-corrected chi connectivity index (χ2v) is 10.1. The van der Waals surface area contributed by atoms with E-state index in [1.165, 1.54) is 39.2 Å². The van der Waals surface area contributed by atoms with Crippen LogP contribution in [0.3, 0.4) is 0 Å². The van der Waals surface area contributed by atoms with Gasteiger partial charge in [0.25, 0.3) is 0 Å². The zero-order chi connectivity index (χ0) is 23.0. The topological polar surface area (TPSA) is 102 Å². The van der Waals surface area contributed by atoms with Crippen LogP contribution < -0.4 is 11.1 Å². The molecule has 1 saturated heterocycles. The molecule has 0 unspecified atom stereocenters. The summed E-state index contributed by atoms with van der Waals surface area (Å²) in [4.78, 5) is 24.0. The lowest BCUT2D eigenvalue weighted by atomic mass is 9.94. The van der Waals surface area contributed by atoms with Gasteiger partial charge in [-0.25, -0.2) is 17.6 Å². The molecule has 4 rings (SSSR count). The summed E-state index contributed by atoms with van der Waals surface area (Å²) < 4.78 is 47.1. The fraction of sp³-hybridized carbons (Fsp3) is 0.333. The highest BCUT2D eigenvalue weighted by atomic mass is 35.5. The van der Waals surface area contributed by atoms with Crippen molar-refractivity contribution in [3.8, 4) is 0 Å². The van der Waals surface area contributed by atoms with Crippen molar-refractivity contribution in [2.45, 2.75) is 24.2 Å². The molecule has 1 aliphatic rings. The maximum atomic E-state index is 13.2. The van der Waals surface area contributed by atoms with Gasteiger partial charge in [-0.15, -0.1) is 0 Å². The van der Waals surface area contributed by atoms with Crippen LogP contribution >= 0.6 is 11.6 Å². The van der Waals surface area contributed by atoms with Crippen LogP contribution in [0.2, 0.25) is 5.02 Å². The molecule has 0 aliphatic carbocycles. The van der Waals surface area contributed by atoms with Crippen LogP contribution in [-0.4, -0.2) is 36.3 Å². The van der Waals surface area contributed by atoms with Crippen LogP contribution in [0.4, 0.5) is 10.1 Å². The number of benzene rings is 2. The van der Waals surface area contributed by atoms with Crippen molar-refractivity contribution in [3.63, 3.8) is 0 Å². The van der Waals surface area contributed by atoms with Crippen LogP contribution in [0.1, 0.15) is 19.3 Å². The van der Waals surface area contributed by atoms with E-state index in [9.17, 15) is 22.4 Å². The van der Waals surface area contributed by atoms with Crippen LogP contribution in [0.15, 0.2) is 50.5 Å². The summed E-state index contributed by atoms with van der Waals surface area (Å²) in [6.45, 7) is 0.554. The molecular weight excluding hydrogens is 461 g/mol. The minimum atomic E-state index is -3.76. The number of anilines is 1. The molecule has 0 spiro atoms. The van der Waals surface area contributed by atoms with Gasteiger partial charge in [0.15, 0.2) is 5.58 Å². The second-order valence-electron chi connectivity index (χ2n) is 7.79. The van der Waals surface area contributed by atoms with E-state index in [0.29, 0.717) is 24.0 Å². The Labute approximate surface area is 188 Å². The summed E-state index contributed by atoms with van der Waals surface area (Å²) >= 11 is 5.73. The minimum absolute atomic E-state index is 0.0204. The van der Waals surface area contributed by atoms with Crippen molar-refractivity contribution in [2.75, 3.05) is 18.4 Å². The smallest absolute Gasteiger partial charge is 0.408 e. The highest BCUT2D eigenvalue weighted by Gasteiger charge is 2.30. The standard InChI is InChI=1S/C21H21ClFN3O5S/c1-25-18-5-3-15(12-19(18)31-21(25)28)32(29,30)26-8-6-13(7-9-26)10-20(27)24-14-2-4-17(23)16(22)11-14/h2-5,11-13H,6-10H2,1H3,(H,24,27). The number of nitrogens with one attached hydrogen (secondary N) is 1. The van der Waals surface area contributed by atoms with Crippen molar-refractivity contribution in [2.24, 2.45) is 13.0 Å². The first-order valence-corrected chi connectivity index (χ1v) is 11.8. The molecule has 1 amide bonds. The van der Waals surface area contributed by atoms with E-state index >= 15 is 0 Å². The average molecular weight is 482 g/mol. The van der Waals surface area contributed by atoms with Gasteiger partial charge in [0.1, 0.15) is 5.82 Å². The first kappa shape index (κ1) is 22.5. The summed E-state index contributed by atoms with van der Waals surface area (Å²) in [7, 11) is -2.21. The molecule has 2 heterocycles. The number of piperidine rings is 1. The largest absolute Gasteiger partial charge is 0.419 e. The first-order valence-electron chi connectivity index (χ1n) is 10.00. The van der Waals surface area contributed by atoms with Gasteiger partial charge in [0.05, 0.1) is 15.4 Å². The summed E-state index contributed by atoms with van der Waals surface area (Å²) in [6.07, 6.45) is 1.28. The third-order valence-corrected chi connectivity index (χ3v) is 7.84. The Hall–Kier alpha value is -2.69. The molecule has 0 atom stereocenters. The number of halogens is 2. The van der Waals surface area contributed by atoms with E-state index in [-0.39, 0.29) is 46.8 Å². The molecule has 32 heavy (non-hydrogen) atoms. The zero-order valence-electron chi connectivity index (χ0n) is 17.2. The Kier molecular flexibility index (Phi) is 6.11. The van der Waals surface area contributed by atoms with E-state index in [4.69, 9.17) is 16.0 Å². The maximum Gasteiger partial charge on any atom is 0.419 e. The Bertz CT molecular complexity index is 1340. The summed E-state index contributed by atoms with van der Waals surface area (Å²) in [5, 5.41) is 2.61. The third kappa shape index (κ3) is 4.43. The van der Waals surface area contributed by atoms with Gasteiger partial charge in [-0.2, -0.15) is 4.31 Å². The van der Waals surface area contributed by atoms with Crippen molar-refractivity contribution in [3.05, 3.63) is 57.8 Å². The van der Waals surface area contributed by atoms with Crippen molar-refractivity contribution < 1.29 is 22.0 Å². The van der Waals surface area contributed by atoms with E-state index in [1.807, 2.05) is 0 Å². The number of hydrogen-bond donors (Lipinski definition) is 1. The number of carbonyl (C=O) groups excluding carboxylic acids is 1. The van der Waals surface area contributed by atoms with Crippen molar-refractivity contribution in [1.82, 2.24) is 8.87 Å². The van der Waals surface area contributed by atoms with E-state index in [1.54, 1.807) is 13.1 Å². The van der Waals surface area contributed by atoms with Gasteiger partial charge in [-0.1, -0.05) is 11.6 Å². The average Bonchev–Trinajstić information content (AvgIpc) is 3.04. The molecule has 3 aromatic rings. The zero-order valence-corrected chi connectivity index (χ0v) is 18.7. The van der Waals surface area contributed by atoms with Crippen molar-refractivity contribution in [1.29, 1.82) is 0 Å². The maximum absolute atomic E-state index is 13.2. The predicted molar refractivity (Wildman–Crippen MR) is 118 cm³/mol. The molecule has 1 aliphatic heterocycles. The van der Waals surface area contributed by atoms with Crippen molar-refractivity contribution >= 4 is 44.3 Å². The van der Waals surface area contributed by atoms with Crippen LogP contribution in [0.25, 0.3) is 11.1 Å². The van der Waals surface area contributed by atoms with Gasteiger partial charge >= 0.3 is 5.76 Å². The normalized spacial score (nSPS) is 15.8. The van der Waals surface area contributed by atoms with Crippen LogP contribution in [-0.2, 0) is 21.9 Å². The van der Waals surface area contributed by atoms with Gasteiger partial charge in [-0.05, 0) is 49.1 Å². The van der Waals surface area contributed by atoms with Gasteiger partial charge in [-0.3, -0.25) is 9.36 Å². The number of aromatic nitrogens is 1. The number of oxazole rings is 1. The number of sulfonamides is 1. The lowest BCUT2D eigenvalue weighted by Crippen LogP contribution is -2.39. The lowest BCUT2D eigenvalue weighted by Gasteiger charge is -2.31. The Balaban J connectivity index is 1.37. The molecule has 8 nitrogen and oxygen atoms in total. The molecule has 2 aromatic carbocycles. The number of rotatable bonds is 5. The van der Waals surface area contributed by atoms with E-state index in [2.05, 4.69) is 5.32 Å². The first-order chi connectivity index (χ1) is 15.1. The molecule has 0 radical (unpaired) electrons. The number of carbonyl (C=O) groups is 1. The van der Waals surface area contributed by atoms with Crippen LogP contribution in [0.5, 0.6) is 0 Å². The Morgan fingerprint density at radius 2 is 1.94 bits per heavy atom. The highest BCUT2D eigenvalue weighted by molar-refractivity contribution is 7.89. The fourth-order valence-corrected chi connectivity index (χ4v) is 5.49. The molecule has 0 saturated carbocycles. The number of fused-ring (bicyclic) bond motifs is 1. The summed E-state index contributed by atoms with van der Waals surface area (Å²) in [6, 6.07) is 8.32. The molecule has 0 bridgehead atoms. The SMILES string of the molecule is Cn1c(=O)oc2cc(S(=O)(=O)N3CCC(CC(=O)Nc4ccc(F)c(Cl)c4)CC3)ccc21. The number of nitrogens with zero attached hydrogens (tertiary/aromatic N) is 2. The number of hydrogen-bond acceptors (Lipinski definition) is 5. The third-order valence-electron chi connectivity index (χ3n) is 5.65. The van der Waals surface area contributed by atoms with Crippen LogP contribution in [0, 0.1) is 11.7 Å². The van der Waals surface area contributed by atoms with Gasteiger partial charge in [0.2, 0.25) is 15.9 Å². The molecular formula is C21H21ClFN3O5S. The molecule has 1 aromatic heterocycles. The second kappa shape index (κ2) is 8.68. The lowest BCUT2D eigenvalue weighted by molar-refractivity contribution is -0.117. The number of aryl methyl sites for hydroxylation is 1. The fourth-order valence-electron chi connectivity index (χ4n) is 3.83. The summed E-state index contributed by atoms with van der Waals surface area (Å²) in [5.41, 5.74) is 1.14. The Morgan fingerprint density at radius 3 is 2.62 bits per heavy atom. The van der Waals surface area contributed by atoms with E-state index in [0.717, 1.165) is 0 Å². The highest BCUT2D eigenvalue weighted by Crippen LogP contribution is 2.28. The minimum Gasteiger partial charge on any atom is -0.408 e. The molecule has 1 fully saturated rings. The molecule has 170 valence electrons. The van der Waals surface area contributed by atoms with E-state index < -0.39 is 21.6 Å². The number of amides is 1.